The fourth-order valence-corrected chi connectivity index (χ4v) is 5.88. The van der Waals surface area contributed by atoms with Gasteiger partial charge in [0, 0.05) is 17.2 Å². The van der Waals surface area contributed by atoms with E-state index in [4.69, 9.17) is 16.3 Å². The van der Waals surface area contributed by atoms with Crippen molar-refractivity contribution < 1.29 is 24.2 Å². The summed E-state index contributed by atoms with van der Waals surface area (Å²) in [7, 11) is 0. The van der Waals surface area contributed by atoms with E-state index >= 15 is 0 Å². The molecule has 0 aromatic heterocycles. The number of carbonyl (C=O) groups excluding carboxylic acids is 2. The number of thioether (sulfide) groups is 1. The van der Waals surface area contributed by atoms with Gasteiger partial charge in [0.15, 0.2) is 0 Å². The molecule has 1 atom stereocenters. The zero-order valence-corrected chi connectivity index (χ0v) is 20.0. The summed E-state index contributed by atoms with van der Waals surface area (Å²) in [6.45, 7) is 0.164. The van der Waals surface area contributed by atoms with Crippen molar-refractivity contribution >= 4 is 47.0 Å². The standard InChI is InChI=1S/C26H21ClN2O5S/c27-21-11-15(24(30)29-14-35-13-23(29)25(31)32)9-10-22(21)28-26(33)34-12-20-18-7-3-1-5-16(18)17-6-2-4-8-19(17)20/h1-11,20,23H,12-14H2,(H,28,33)(H,31,32)/t23-/m0/s1. The second-order valence-electron chi connectivity index (χ2n) is 8.27. The highest BCUT2D eigenvalue weighted by atomic mass is 35.5. The van der Waals surface area contributed by atoms with Gasteiger partial charge in [-0.2, -0.15) is 0 Å². The number of ether oxygens (including phenoxy) is 1. The molecule has 35 heavy (non-hydrogen) atoms. The number of rotatable bonds is 5. The van der Waals surface area contributed by atoms with Gasteiger partial charge in [0.05, 0.1) is 16.6 Å². The molecule has 2 N–H and O–H groups in total. The normalized spacial score (nSPS) is 16.5. The summed E-state index contributed by atoms with van der Waals surface area (Å²) in [6.07, 6.45) is -0.658. The second-order valence-corrected chi connectivity index (χ2v) is 9.68. The number of nitrogens with one attached hydrogen (secondary N) is 1. The number of nitrogens with zero attached hydrogens (tertiary/aromatic N) is 1. The van der Waals surface area contributed by atoms with Gasteiger partial charge in [0.1, 0.15) is 12.6 Å². The molecule has 5 rings (SSSR count). The predicted octanol–water partition coefficient (Wildman–Crippen LogP) is 5.30. The van der Waals surface area contributed by atoms with Crippen molar-refractivity contribution in [2.75, 3.05) is 23.6 Å². The molecule has 9 heteroatoms. The van der Waals surface area contributed by atoms with Crippen LogP contribution in [-0.4, -0.2) is 52.3 Å². The van der Waals surface area contributed by atoms with Crippen molar-refractivity contribution in [3.05, 3.63) is 88.4 Å². The van der Waals surface area contributed by atoms with E-state index in [9.17, 15) is 19.5 Å². The minimum atomic E-state index is -1.04. The molecule has 1 fully saturated rings. The predicted molar refractivity (Wildman–Crippen MR) is 135 cm³/mol. The molecule has 7 nitrogen and oxygen atoms in total. The van der Waals surface area contributed by atoms with Crippen LogP contribution in [0.2, 0.25) is 5.02 Å². The third-order valence-electron chi connectivity index (χ3n) is 6.22. The Labute approximate surface area is 211 Å². The first-order valence-corrected chi connectivity index (χ1v) is 12.5. The first kappa shape index (κ1) is 23.3. The molecule has 2 amide bonds. The van der Waals surface area contributed by atoms with Gasteiger partial charge >= 0.3 is 12.1 Å². The number of halogens is 1. The van der Waals surface area contributed by atoms with Crippen LogP contribution in [0.3, 0.4) is 0 Å². The van der Waals surface area contributed by atoms with E-state index in [1.54, 1.807) is 0 Å². The maximum absolute atomic E-state index is 12.8. The minimum absolute atomic E-state index is 0.0656. The highest BCUT2D eigenvalue weighted by Crippen LogP contribution is 2.44. The summed E-state index contributed by atoms with van der Waals surface area (Å²) in [5, 5.41) is 12.1. The van der Waals surface area contributed by atoms with E-state index in [1.165, 1.54) is 34.9 Å². The van der Waals surface area contributed by atoms with Gasteiger partial charge in [-0.3, -0.25) is 10.1 Å². The van der Waals surface area contributed by atoms with Gasteiger partial charge < -0.3 is 14.7 Å². The van der Waals surface area contributed by atoms with Crippen LogP contribution < -0.4 is 5.32 Å². The molecule has 2 aliphatic rings. The topological polar surface area (TPSA) is 95.9 Å². The van der Waals surface area contributed by atoms with E-state index < -0.39 is 24.0 Å². The Morgan fingerprint density at radius 3 is 2.31 bits per heavy atom. The lowest BCUT2D eigenvalue weighted by Gasteiger charge is -2.21. The van der Waals surface area contributed by atoms with Crippen molar-refractivity contribution in [2.24, 2.45) is 0 Å². The lowest BCUT2D eigenvalue weighted by atomic mass is 9.98. The lowest BCUT2D eigenvalue weighted by molar-refractivity contribution is -0.140. The minimum Gasteiger partial charge on any atom is -0.480 e. The zero-order chi connectivity index (χ0) is 24.5. The van der Waals surface area contributed by atoms with Crippen LogP contribution in [0.1, 0.15) is 27.4 Å². The smallest absolute Gasteiger partial charge is 0.411 e. The molecular formula is C26H21ClN2O5S. The summed E-state index contributed by atoms with van der Waals surface area (Å²) in [5.41, 5.74) is 5.06. The number of carbonyl (C=O) groups is 3. The fourth-order valence-electron chi connectivity index (χ4n) is 4.51. The van der Waals surface area contributed by atoms with Gasteiger partial charge in [0.25, 0.3) is 5.91 Å². The molecule has 0 unspecified atom stereocenters. The van der Waals surface area contributed by atoms with Crippen LogP contribution >= 0.6 is 23.4 Å². The largest absolute Gasteiger partial charge is 0.480 e. The molecule has 3 aromatic carbocycles. The molecule has 0 saturated carbocycles. The molecule has 1 aliphatic carbocycles. The maximum atomic E-state index is 12.8. The van der Waals surface area contributed by atoms with E-state index in [2.05, 4.69) is 17.4 Å². The van der Waals surface area contributed by atoms with Crippen LogP contribution in [0.15, 0.2) is 66.7 Å². The molecule has 1 heterocycles. The number of hydrogen-bond donors (Lipinski definition) is 2. The third-order valence-corrected chi connectivity index (χ3v) is 7.55. The average Bonchev–Trinajstić information content (AvgIpc) is 3.47. The Morgan fingerprint density at radius 2 is 1.69 bits per heavy atom. The molecule has 0 radical (unpaired) electrons. The van der Waals surface area contributed by atoms with Gasteiger partial charge in [-0.1, -0.05) is 60.1 Å². The quantitative estimate of drug-likeness (QED) is 0.485. The zero-order valence-electron chi connectivity index (χ0n) is 18.4. The SMILES string of the molecule is O=C(Nc1ccc(C(=O)N2CSC[C@H]2C(=O)O)cc1Cl)OCC1c2ccccc2-c2ccccc21. The summed E-state index contributed by atoms with van der Waals surface area (Å²) in [4.78, 5) is 38.0. The van der Waals surface area contributed by atoms with Crippen LogP contribution in [0.25, 0.3) is 11.1 Å². The van der Waals surface area contributed by atoms with E-state index in [0.29, 0.717) is 17.3 Å². The monoisotopic (exact) mass is 508 g/mol. The number of fused-ring (bicyclic) bond motifs is 3. The summed E-state index contributed by atoms with van der Waals surface area (Å²) < 4.78 is 5.55. The summed E-state index contributed by atoms with van der Waals surface area (Å²) >= 11 is 7.70. The molecule has 1 aliphatic heterocycles. The molecule has 0 bridgehead atoms. The van der Waals surface area contributed by atoms with Crippen molar-refractivity contribution in [1.82, 2.24) is 4.90 Å². The van der Waals surface area contributed by atoms with Crippen molar-refractivity contribution in [3.63, 3.8) is 0 Å². The van der Waals surface area contributed by atoms with E-state index in [1.807, 2.05) is 36.4 Å². The molecule has 178 valence electrons. The van der Waals surface area contributed by atoms with Crippen molar-refractivity contribution in [1.29, 1.82) is 0 Å². The number of benzene rings is 3. The van der Waals surface area contributed by atoms with Gasteiger partial charge in [-0.25, -0.2) is 9.59 Å². The van der Waals surface area contributed by atoms with Crippen molar-refractivity contribution in [3.8, 4) is 11.1 Å². The second kappa shape index (κ2) is 9.64. The Morgan fingerprint density at radius 1 is 1.03 bits per heavy atom. The van der Waals surface area contributed by atoms with Gasteiger partial charge in [-0.05, 0) is 40.5 Å². The Balaban J connectivity index is 1.25. The number of anilines is 1. The first-order chi connectivity index (χ1) is 16.9. The van der Waals surface area contributed by atoms with Gasteiger partial charge in [0.2, 0.25) is 0 Å². The fraction of sp³-hybridized carbons (Fsp3) is 0.192. The number of carboxylic acid groups (broad SMARTS) is 1. The molecule has 3 aromatic rings. The number of aliphatic carboxylic acids is 1. The average molecular weight is 509 g/mol. The van der Waals surface area contributed by atoms with E-state index in [-0.39, 0.29) is 23.1 Å². The third kappa shape index (κ3) is 4.47. The van der Waals surface area contributed by atoms with Crippen LogP contribution in [0, 0.1) is 0 Å². The highest BCUT2D eigenvalue weighted by Gasteiger charge is 2.35. The van der Waals surface area contributed by atoms with Crippen LogP contribution in [-0.2, 0) is 9.53 Å². The molecule has 0 spiro atoms. The van der Waals surface area contributed by atoms with Gasteiger partial charge in [-0.15, -0.1) is 11.8 Å². The first-order valence-electron chi connectivity index (χ1n) is 11.0. The van der Waals surface area contributed by atoms with Crippen molar-refractivity contribution in [2.45, 2.75) is 12.0 Å². The molecular weight excluding hydrogens is 488 g/mol. The lowest BCUT2D eigenvalue weighted by Crippen LogP contribution is -2.41. The maximum Gasteiger partial charge on any atom is 0.411 e. The highest BCUT2D eigenvalue weighted by molar-refractivity contribution is 7.99. The summed E-state index contributed by atoms with van der Waals surface area (Å²) in [5.74, 6) is -0.882. The Hall–Kier alpha value is -3.49. The molecule has 1 saturated heterocycles. The van der Waals surface area contributed by atoms with E-state index in [0.717, 1.165) is 22.3 Å². The number of carboxylic acids is 1. The Kier molecular flexibility index (Phi) is 6.40. The Bertz CT molecular complexity index is 1290. The summed E-state index contributed by atoms with van der Waals surface area (Å²) in [6, 6.07) is 19.7. The number of hydrogen-bond acceptors (Lipinski definition) is 5. The van der Waals surface area contributed by atoms with Crippen LogP contribution in [0.4, 0.5) is 10.5 Å². The van der Waals surface area contributed by atoms with Crippen LogP contribution in [0.5, 0.6) is 0 Å². The number of amides is 2.